The minimum atomic E-state index is -3.99. The molecule has 1 aliphatic rings. The zero-order valence-corrected chi connectivity index (χ0v) is 18.9. The smallest absolute Gasteiger partial charge is 0.304 e. The van der Waals surface area contributed by atoms with E-state index in [1.165, 1.54) is 22.6 Å². The quantitative estimate of drug-likeness (QED) is 0.621. The van der Waals surface area contributed by atoms with Gasteiger partial charge in [0.15, 0.2) is 0 Å². The predicted octanol–water partition coefficient (Wildman–Crippen LogP) is 1.59. The molecule has 0 saturated carbocycles. The number of rotatable bonds is 5. The van der Waals surface area contributed by atoms with Crippen molar-refractivity contribution in [1.29, 1.82) is 0 Å². The third-order valence-electron chi connectivity index (χ3n) is 5.25. The van der Waals surface area contributed by atoms with E-state index in [4.69, 9.17) is 0 Å². The topological polar surface area (TPSA) is 105 Å². The van der Waals surface area contributed by atoms with Crippen molar-refractivity contribution in [3.63, 3.8) is 0 Å². The molecule has 0 atom stereocenters. The molecule has 4 rings (SSSR count). The number of carbonyl (C=O) groups excluding carboxylic acids is 2. The van der Waals surface area contributed by atoms with Crippen LogP contribution >= 0.6 is 11.3 Å². The molecular weight excluding hydrogens is 438 g/mol. The molecule has 3 aromatic rings. The lowest BCUT2D eigenvalue weighted by Gasteiger charge is -2.33. The maximum atomic E-state index is 12.7. The lowest BCUT2D eigenvalue weighted by Crippen LogP contribution is -2.53. The van der Waals surface area contributed by atoms with Gasteiger partial charge in [0.25, 0.3) is 5.91 Å². The Morgan fingerprint density at radius 1 is 1.13 bits per heavy atom. The highest BCUT2D eigenvalue weighted by Crippen LogP contribution is 2.29. The van der Waals surface area contributed by atoms with Gasteiger partial charge in [0.1, 0.15) is 4.83 Å². The maximum absolute atomic E-state index is 12.7. The molecule has 0 bridgehead atoms. The van der Waals surface area contributed by atoms with E-state index in [1.807, 2.05) is 41.9 Å². The summed E-state index contributed by atoms with van der Waals surface area (Å²) in [6.07, 6.45) is 0. The molecule has 31 heavy (non-hydrogen) atoms. The molecule has 0 radical (unpaired) electrons. The van der Waals surface area contributed by atoms with Gasteiger partial charge in [0, 0.05) is 38.5 Å². The van der Waals surface area contributed by atoms with E-state index < -0.39 is 16.1 Å². The molecule has 3 heterocycles. The second-order valence-corrected chi connectivity index (χ2v) is 10.1. The molecule has 2 aromatic heterocycles. The number of piperazine rings is 1. The molecule has 1 aliphatic heterocycles. The fourth-order valence-corrected chi connectivity index (χ4v) is 5.80. The number of aromatic nitrogens is 2. The summed E-state index contributed by atoms with van der Waals surface area (Å²) >= 11 is 1.22. The van der Waals surface area contributed by atoms with Crippen molar-refractivity contribution in [3.05, 3.63) is 52.5 Å². The number of amides is 2. The summed E-state index contributed by atoms with van der Waals surface area (Å²) < 4.78 is 30.5. The van der Waals surface area contributed by atoms with Crippen molar-refractivity contribution < 1.29 is 18.0 Å². The molecule has 1 N–H and O–H groups in total. The molecule has 9 nitrogen and oxygen atoms in total. The Balaban J connectivity index is 1.50. The summed E-state index contributed by atoms with van der Waals surface area (Å²) in [5, 5.41) is 5.38. The highest BCUT2D eigenvalue weighted by Gasteiger charge is 2.30. The molecule has 1 fully saturated rings. The third-order valence-corrected chi connectivity index (χ3v) is 7.89. The molecule has 164 valence electrons. The third kappa shape index (κ3) is 4.48. The molecule has 0 spiro atoms. The Morgan fingerprint density at radius 2 is 1.81 bits per heavy atom. The average Bonchev–Trinajstić information content (AvgIpc) is 3.30. The number of carbonyl (C=O) groups is 2. The number of hydrogen-bond acceptors (Lipinski definition) is 6. The molecule has 1 saturated heterocycles. The lowest BCUT2D eigenvalue weighted by atomic mass is 10.2. The summed E-state index contributed by atoms with van der Waals surface area (Å²) in [6, 6.07) is 11.5. The van der Waals surface area contributed by atoms with Crippen LogP contribution in [0, 0.1) is 6.92 Å². The van der Waals surface area contributed by atoms with Crippen molar-refractivity contribution in [1.82, 2.24) is 23.7 Å². The van der Waals surface area contributed by atoms with Crippen molar-refractivity contribution in [2.75, 3.05) is 26.2 Å². The van der Waals surface area contributed by atoms with Gasteiger partial charge in [-0.25, -0.2) is 4.72 Å². The number of nitrogens with zero attached hydrogens (tertiary/aromatic N) is 4. The normalized spacial score (nSPS) is 15.4. The van der Waals surface area contributed by atoms with Crippen LogP contribution in [0.5, 0.6) is 0 Å². The monoisotopic (exact) mass is 461 g/mol. The molecule has 2 amide bonds. The van der Waals surface area contributed by atoms with Crippen LogP contribution in [0.25, 0.3) is 10.2 Å². The van der Waals surface area contributed by atoms with E-state index in [0.717, 1.165) is 21.5 Å². The van der Waals surface area contributed by atoms with Crippen molar-refractivity contribution in [2.45, 2.75) is 20.4 Å². The van der Waals surface area contributed by atoms with Gasteiger partial charge in [0.2, 0.25) is 5.91 Å². The summed E-state index contributed by atoms with van der Waals surface area (Å²) in [5.74, 6) is -0.757. The highest BCUT2D eigenvalue weighted by molar-refractivity contribution is 7.87. The number of nitrogens with one attached hydrogen (secondary N) is 1. The van der Waals surface area contributed by atoms with Gasteiger partial charge in [0.05, 0.1) is 17.1 Å². The molecule has 1 aromatic carbocycles. The summed E-state index contributed by atoms with van der Waals surface area (Å²) in [6.45, 7) is 4.80. The first-order chi connectivity index (χ1) is 14.7. The Labute approximate surface area is 184 Å². The Morgan fingerprint density at radius 3 is 2.45 bits per heavy atom. The fraction of sp³-hybridized carbons (Fsp3) is 0.350. The molecule has 0 aliphatic carbocycles. The standard InChI is InChI=1S/C20H23N5O4S2/c1-14-17-12-18(30-20(17)25(21-14)13-16-6-4-3-5-7-16)19(27)22-31(28,29)24-10-8-23(9-11-24)15(2)26/h3-7,12H,8-11,13H2,1-2H3,(H,22,27). The predicted molar refractivity (Wildman–Crippen MR) is 118 cm³/mol. The zero-order valence-electron chi connectivity index (χ0n) is 17.2. The van der Waals surface area contributed by atoms with Crippen LogP contribution in [0.1, 0.15) is 27.9 Å². The van der Waals surface area contributed by atoms with E-state index in [0.29, 0.717) is 24.5 Å². The Hall–Kier alpha value is -2.76. The van der Waals surface area contributed by atoms with Crippen molar-refractivity contribution >= 4 is 43.6 Å². The average molecular weight is 462 g/mol. The van der Waals surface area contributed by atoms with Crippen molar-refractivity contribution in [2.24, 2.45) is 0 Å². The minimum Gasteiger partial charge on any atom is -0.340 e. The van der Waals surface area contributed by atoms with Crippen LogP contribution in [0.2, 0.25) is 0 Å². The SMILES string of the molecule is CC(=O)N1CCN(S(=O)(=O)NC(=O)c2cc3c(C)nn(Cc4ccccc4)c3s2)CC1. The van der Waals surface area contributed by atoms with E-state index in [-0.39, 0.29) is 19.0 Å². The first-order valence-corrected chi connectivity index (χ1v) is 12.1. The lowest BCUT2D eigenvalue weighted by molar-refractivity contribution is -0.129. The highest BCUT2D eigenvalue weighted by atomic mass is 32.2. The van der Waals surface area contributed by atoms with Crippen LogP contribution in [0.15, 0.2) is 36.4 Å². The Bertz CT molecular complexity index is 1230. The number of hydrogen-bond donors (Lipinski definition) is 1. The van der Waals surface area contributed by atoms with E-state index in [9.17, 15) is 18.0 Å². The van der Waals surface area contributed by atoms with Crippen LogP contribution in [-0.2, 0) is 21.5 Å². The van der Waals surface area contributed by atoms with Gasteiger partial charge in [-0.15, -0.1) is 11.3 Å². The number of thiophene rings is 1. The molecule has 0 unspecified atom stereocenters. The maximum Gasteiger partial charge on any atom is 0.304 e. The molecule has 11 heteroatoms. The first kappa shape index (κ1) is 21.5. The summed E-state index contributed by atoms with van der Waals surface area (Å²) in [5.41, 5.74) is 1.86. The minimum absolute atomic E-state index is 0.0914. The molecular formula is C20H23N5O4S2. The second-order valence-electron chi connectivity index (χ2n) is 7.40. The van der Waals surface area contributed by atoms with Crippen LogP contribution in [-0.4, -0.2) is 65.4 Å². The van der Waals surface area contributed by atoms with E-state index in [2.05, 4.69) is 9.82 Å². The summed E-state index contributed by atoms with van der Waals surface area (Å²) in [4.78, 5) is 26.9. The number of aryl methyl sites for hydroxylation is 1. The first-order valence-electron chi connectivity index (χ1n) is 9.83. The van der Waals surface area contributed by atoms with Gasteiger partial charge >= 0.3 is 10.2 Å². The summed E-state index contributed by atoms with van der Waals surface area (Å²) in [7, 11) is -3.99. The van der Waals surface area contributed by atoms with Gasteiger partial charge in [-0.05, 0) is 18.6 Å². The van der Waals surface area contributed by atoms with Crippen LogP contribution in [0.3, 0.4) is 0 Å². The zero-order chi connectivity index (χ0) is 22.2. The van der Waals surface area contributed by atoms with Gasteiger partial charge < -0.3 is 4.90 Å². The Kier molecular flexibility index (Phi) is 5.82. The fourth-order valence-electron chi connectivity index (χ4n) is 3.56. The van der Waals surface area contributed by atoms with E-state index >= 15 is 0 Å². The largest absolute Gasteiger partial charge is 0.340 e. The van der Waals surface area contributed by atoms with Gasteiger partial charge in [-0.3, -0.25) is 14.3 Å². The van der Waals surface area contributed by atoms with Gasteiger partial charge in [-0.2, -0.15) is 17.8 Å². The van der Waals surface area contributed by atoms with E-state index in [1.54, 1.807) is 11.0 Å². The van der Waals surface area contributed by atoms with Gasteiger partial charge in [-0.1, -0.05) is 30.3 Å². The van der Waals surface area contributed by atoms with Crippen molar-refractivity contribution in [3.8, 4) is 0 Å². The number of fused-ring (bicyclic) bond motifs is 1. The van der Waals surface area contributed by atoms with Crippen LogP contribution < -0.4 is 4.72 Å². The number of benzene rings is 1. The second kappa shape index (κ2) is 8.40. The van der Waals surface area contributed by atoms with Crippen LogP contribution in [0.4, 0.5) is 0 Å².